The lowest BCUT2D eigenvalue weighted by atomic mass is 9.74. The number of nitrogens with zero attached hydrogens (tertiary/aromatic N) is 3. The van der Waals surface area contributed by atoms with E-state index in [9.17, 15) is 0 Å². The molecule has 5 rings (SSSR count). The minimum absolute atomic E-state index is 0.134. The van der Waals surface area contributed by atoms with Crippen LogP contribution in [0.2, 0.25) is 5.02 Å². The molecule has 0 amide bonds. The van der Waals surface area contributed by atoms with Gasteiger partial charge in [0.25, 0.3) is 0 Å². The van der Waals surface area contributed by atoms with Crippen molar-refractivity contribution in [2.24, 2.45) is 17.6 Å². The lowest BCUT2D eigenvalue weighted by molar-refractivity contribution is 0.111. The van der Waals surface area contributed by atoms with Crippen LogP contribution >= 0.6 is 11.6 Å². The maximum atomic E-state index is 6.89. The Bertz CT molecular complexity index is 1430. The SMILES string of the molecule is CCN(CC)C(CC1CCC(C(c2ccc(Cl)cc2)N(C)C)CC1)c1nc(Cc2ccccc2)c(C(N)Cc2ccccc2)o1. The van der Waals surface area contributed by atoms with Gasteiger partial charge in [-0.15, -0.1) is 0 Å². The van der Waals surface area contributed by atoms with E-state index in [1.807, 2.05) is 18.2 Å². The zero-order valence-electron chi connectivity index (χ0n) is 27.5. The summed E-state index contributed by atoms with van der Waals surface area (Å²) in [5, 5.41) is 0.796. The van der Waals surface area contributed by atoms with Gasteiger partial charge < -0.3 is 15.1 Å². The summed E-state index contributed by atoms with van der Waals surface area (Å²) in [5.41, 5.74) is 11.6. The first kappa shape index (κ1) is 33.4. The summed E-state index contributed by atoms with van der Waals surface area (Å²) >= 11 is 6.22. The van der Waals surface area contributed by atoms with E-state index in [0.717, 1.165) is 54.7 Å². The zero-order valence-corrected chi connectivity index (χ0v) is 28.3. The van der Waals surface area contributed by atoms with Crippen LogP contribution in [-0.2, 0) is 12.8 Å². The quantitative estimate of drug-likeness (QED) is 0.151. The highest BCUT2D eigenvalue weighted by molar-refractivity contribution is 6.30. The van der Waals surface area contributed by atoms with Gasteiger partial charge in [-0.25, -0.2) is 4.98 Å². The Labute approximate surface area is 275 Å². The third-order valence-corrected chi connectivity index (χ3v) is 10.0. The van der Waals surface area contributed by atoms with Crippen molar-refractivity contribution in [2.45, 2.75) is 76.9 Å². The molecule has 0 bridgehead atoms. The topological polar surface area (TPSA) is 58.5 Å². The van der Waals surface area contributed by atoms with Crippen molar-refractivity contribution in [3.8, 4) is 0 Å². The van der Waals surface area contributed by atoms with Crippen molar-refractivity contribution in [1.82, 2.24) is 14.8 Å². The summed E-state index contributed by atoms with van der Waals surface area (Å²) in [6.07, 6.45) is 7.38. The van der Waals surface area contributed by atoms with Gasteiger partial charge in [-0.05, 0) is 93.5 Å². The van der Waals surface area contributed by atoms with Crippen LogP contribution in [0.15, 0.2) is 89.3 Å². The first-order valence-electron chi connectivity index (χ1n) is 16.8. The van der Waals surface area contributed by atoms with Crippen LogP contribution in [0.25, 0.3) is 0 Å². The highest BCUT2D eigenvalue weighted by Gasteiger charge is 2.34. The van der Waals surface area contributed by atoms with E-state index in [4.69, 9.17) is 26.7 Å². The Balaban J connectivity index is 1.36. The smallest absolute Gasteiger partial charge is 0.212 e. The van der Waals surface area contributed by atoms with E-state index >= 15 is 0 Å². The van der Waals surface area contributed by atoms with E-state index in [1.54, 1.807) is 0 Å². The van der Waals surface area contributed by atoms with Crippen LogP contribution in [0.4, 0.5) is 0 Å². The van der Waals surface area contributed by atoms with E-state index in [2.05, 4.69) is 104 Å². The van der Waals surface area contributed by atoms with Gasteiger partial charge in [-0.2, -0.15) is 0 Å². The molecule has 3 unspecified atom stereocenters. The Morgan fingerprint density at radius 3 is 2.02 bits per heavy atom. The Morgan fingerprint density at radius 1 is 0.844 bits per heavy atom. The molecule has 240 valence electrons. The van der Waals surface area contributed by atoms with Gasteiger partial charge in [0.15, 0.2) is 0 Å². The molecule has 1 aromatic heterocycles. The predicted molar refractivity (Wildman–Crippen MR) is 186 cm³/mol. The van der Waals surface area contributed by atoms with Gasteiger partial charge in [-0.1, -0.05) is 111 Å². The van der Waals surface area contributed by atoms with E-state index in [-0.39, 0.29) is 12.1 Å². The number of hydrogen-bond acceptors (Lipinski definition) is 5. The average Bonchev–Trinajstić information content (AvgIpc) is 3.47. The number of benzene rings is 3. The molecule has 3 atom stereocenters. The number of halogens is 1. The Kier molecular flexibility index (Phi) is 11.9. The molecule has 2 N–H and O–H groups in total. The lowest BCUT2D eigenvalue weighted by Gasteiger charge is -2.39. The van der Waals surface area contributed by atoms with Crippen LogP contribution in [0.3, 0.4) is 0 Å². The zero-order chi connectivity index (χ0) is 31.8. The van der Waals surface area contributed by atoms with E-state index in [0.29, 0.717) is 17.9 Å². The normalized spacial score (nSPS) is 19.1. The van der Waals surface area contributed by atoms with Crippen molar-refractivity contribution >= 4 is 11.6 Å². The molecule has 1 heterocycles. The summed E-state index contributed by atoms with van der Waals surface area (Å²) in [7, 11) is 4.41. The lowest BCUT2D eigenvalue weighted by Crippen LogP contribution is -2.33. The third kappa shape index (κ3) is 8.65. The first-order chi connectivity index (χ1) is 21.9. The second-order valence-electron chi connectivity index (χ2n) is 13.0. The molecular weight excluding hydrogens is 576 g/mol. The molecule has 0 radical (unpaired) electrons. The average molecular weight is 627 g/mol. The van der Waals surface area contributed by atoms with Gasteiger partial charge in [0.2, 0.25) is 5.89 Å². The molecule has 4 aromatic rings. The highest BCUT2D eigenvalue weighted by Crippen LogP contribution is 2.43. The third-order valence-electron chi connectivity index (χ3n) is 9.79. The number of oxazole rings is 1. The second-order valence-corrected chi connectivity index (χ2v) is 13.5. The van der Waals surface area contributed by atoms with Crippen LogP contribution in [0, 0.1) is 11.8 Å². The van der Waals surface area contributed by atoms with Crippen molar-refractivity contribution in [1.29, 1.82) is 0 Å². The summed E-state index contributed by atoms with van der Waals surface area (Å²) in [6, 6.07) is 29.7. The van der Waals surface area contributed by atoms with Crippen molar-refractivity contribution in [2.75, 3.05) is 27.2 Å². The molecule has 1 aliphatic rings. The molecule has 5 nitrogen and oxygen atoms in total. The summed E-state index contributed by atoms with van der Waals surface area (Å²) in [6.45, 7) is 6.41. The molecule has 1 aliphatic carbocycles. The molecule has 0 aliphatic heterocycles. The van der Waals surface area contributed by atoms with Gasteiger partial charge in [0.1, 0.15) is 5.76 Å². The van der Waals surface area contributed by atoms with Gasteiger partial charge in [0.05, 0.1) is 17.8 Å². The molecule has 1 saturated carbocycles. The monoisotopic (exact) mass is 626 g/mol. The largest absolute Gasteiger partial charge is 0.442 e. The van der Waals surface area contributed by atoms with Gasteiger partial charge in [0, 0.05) is 17.5 Å². The second kappa shape index (κ2) is 16.0. The van der Waals surface area contributed by atoms with Crippen LogP contribution in [0.1, 0.15) is 98.1 Å². The molecule has 6 heteroatoms. The molecule has 3 aromatic carbocycles. The van der Waals surface area contributed by atoms with Crippen LogP contribution < -0.4 is 5.73 Å². The number of aromatic nitrogens is 1. The fourth-order valence-corrected chi connectivity index (χ4v) is 7.60. The van der Waals surface area contributed by atoms with Crippen LogP contribution in [-0.4, -0.2) is 42.0 Å². The number of rotatable bonds is 14. The fourth-order valence-electron chi connectivity index (χ4n) is 7.47. The first-order valence-corrected chi connectivity index (χ1v) is 17.2. The minimum Gasteiger partial charge on any atom is -0.442 e. The molecular formula is C39H51ClN4O. The molecule has 0 saturated heterocycles. The fraction of sp³-hybridized carbons (Fsp3) is 0.462. The van der Waals surface area contributed by atoms with Crippen molar-refractivity contribution < 1.29 is 4.42 Å². The summed E-state index contributed by atoms with van der Waals surface area (Å²) in [4.78, 5) is 10.2. The Hall–Kier alpha value is -2.96. The van der Waals surface area contributed by atoms with Crippen molar-refractivity contribution in [3.05, 3.63) is 124 Å². The summed E-state index contributed by atoms with van der Waals surface area (Å²) < 4.78 is 6.77. The standard InChI is InChI=1S/C39H51ClN4O/c1-5-44(6-2)36(27-30-17-19-31(20-18-30)37(43(3)4)32-21-23-33(40)24-22-32)39-42-35(26-29-15-11-8-12-16-29)38(45-39)34(41)25-28-13-9-7-10-14-28/h7-16,21-24,30-31,34,36-37H,5-6,17-20,25-27,41H2,1-4H3. The van der Waals surface area contributed by atoms with Gasteiger partial charge >= 0.3 is 0 Å². The Morgan fingerprint density at radius 2 is 1.44 bits per heavy atom. The number of hydrogen-bond donors (Lipinski definition) is 1. The molecule has 0 spiro atoms. The predicted octanol–water partition coefficient (Wildman–Crippen LogP) is 9.04. The molecule has 1 fully saturated rings. The van der Waals surface area contributed by atoms with E-state index < -0.39 is 0 Å². The maximum Gasteiger partial charge on any atom is 0.212 e. The van der Waals surface area contributed by atoms with Crippen LogP contribution in [0.5, 0.6) is 0 Å². The van der Waals surface area contributed by atoms with Crippen molar-refractivity contribution in [3.63, 3.8) is 0 Å². The summed E-state index contributed by atoms with van der Waals surface area (Å²) in [5.74, 6) is 2.92. The van der Waals surface area contributed by atoms with E-state index in [1.165, 1.54) is 42.4 Å². The maximum absolute atomic E-state index is 6.89. The minimum atomic E-state index is -0.254. The molecule has 45 heavy (non-hydrogen) atoms. The van der Waals surface area contributed by atoms with Gasteiger partial charge in [-0.3, -0.25) is 4.90 Å². The number of nitrogens with two attached hydrogens (primary N) is 1. The highest BCUT2D eigenvalue weighted by atomic mass is 35.5.